The molecule has 3 rings (SSSR count). The van der Waals surface area contributed by atoms with Crippen LogP contribution in [0.1, 0.15) is 68.9 Å². The van der Waals surface area contributed by atoms with Crippen LogP contribution in [-0.2, 0) is 6.18 Å². The molecule has 0 nitrogen and oxygen atoms in total. The van der Waals surface area contributed by atoms with Gasteiger partial charge in [-0.25, -0.2) is 4.39 Å². The van der Waals surface area contributed by atoms with Gasteiger partial charge in [-0.3, -0.25) is 0 Å². The van der Waals surface area contributed by atoms with Crippen molar-refractivity contribution in [3.05, 3.63) is 71.6 Å². The zero-order valence-electron chi connectivity index (χ0n) is 16.9. The zero-order chi connectivity index (χ0) is 21.0. The van der Waals surface area contributed by atoms with Gasteiger partial charge in [0.05, 0.1) is 5.56 Å². The van der Waals surface area contributed by atoms with E-state index in [1.807, 2.05) is 24.3 Å². The van der Waals surface area contributed by atoms with Gasteiger partial charge in [-0.05, 0) is 85.6 Å². The van der Waals surface area contributed by atoms with Crippen LogP contribution in [0.25, 0.3) is 11.1 Å². The van der Waals surface area contributed by atoms with Gasteiger partial charge in [0.25, 0.3) is 0 Å². The maximum absolute atomic E-state index is 14.1. The van der Waals surface area contributed by atoms with Crippen molar-refractivity contribution in [1.29, 1.82) is 0 Å². The Morgan fingerprint density at radius 2 is 1.72 bits per heavy atom. The average molecular weight is 404 g/mol. The van der Waals surface area contributed by atoms with Gasteiger partial charge in [0, 0.05) is 0 Å². The summed E-state index contributed by atoms with van der Waals surface area (Å²) < 4.78 is 52.7. The highest BCUT2D eigenvalue weighted by molar-refractivity contribution is 5.68. The van der Waals surface area contributed by atoms with Gasteiger partial charge < -0.3 is 0 Å². The molecular weight excluding hydrogens is 376 g/mol. The molecule has 0 N–H and O–H groups in total. The third-order valence-electron chi connectivity index (χ3n) is 6.24. The van der Waals surface area contributed by atoms with Crippen LogP contribution in [0.15, 0.2) is 54.6 Å². The van der Waals surface area contributed by atoms with Crippen LogP contribution < -0.4 is 0 Å². The quantitative estimate of drug-likeness (QED) is 0.334. The first-order valence-corrected chi connectivity index (χ1v) is 10.4. The van der Waals surface area contributed by atoms with Crippen molar-refractivity contribution in [2.75, 3.05) is 0 Å². The molecule has 1 fully saturated rings. The number of halogens is 4. The summed E-state index contributed by atoms with van der Waals surface area (Å²) in [5, 5.41) is 0. The predicted molar refractivity (Wildman–Crippen MR) is 110 cm³/mol. The molecule has 0 saturated heterocycles. The van der Waals surface area contributed by atoms with Crippen molar-refractivity contribution >= 4 is 0 Å². The SMILES string of the molecule is C=C(CC)CCC1CCC(c2ccccc2-c2ccc(C(F)(F)F)c(F)c2)CC1. The fraction of sp³-hybridized carbons (Fsp3) is 0.440. The average Bonchev–Trinajstić information content (AvgIpc) is 2.71. The third-order valence-corrected chi connectivity index (χ3v) is 6.24. The first-order chi connectivity index (χ1) is 13.8. The Labute approximate surface area is 170 Å². The standard InChI is InChI=1S/C25H28F4/c1-3-17(2)8-9-18-10-12-19(13-11-18)21-6-4-5-7-22(21)20-14-15-23(24(26)16-20)25(27,28)29/h4-7,14-16,18-19H,2-3,8-13H2,1H3. The topological polar surface area (TPSA) is 0 Å². The summed E-state index contributed by atoms with van der Waals surface area (Å²) >= 11 is 0. The van der Waals surface area contributed by atoms with E-state index in [0.29, 0.717) is 17.4 Å². The van der Waals surface area contributed by atoms with E-state index in [9.17, 15) is 17.6 Å². The number of hydrogen-bond acceptors (Lipinski definition) is 0. The molecule has 0 spiro atoms. The summed E-state index contributed by atoms with van der Waals surface area (Å²) in [5.41, 5.74) is 2.55. The van der Waals surface area contributed by atoms with E-state index in [4.69, 9.17) is 0 Å². The fourth-order valence-electron chi connectivity index (χ4n) is 4.38. The molecule has 0 bridgehead atoms. The highest BCUT2D eigenvalue weighted by Gasteiger charge is 2.34. The van der Waals surface area contributed by atoms with Gasteiger partial charge in [0.1, 0.15) is 5.82 Å². The second-order valence-electron chi connectivity index (χ2n) is 8.14. The molecule has 156 valence electrons. The van der Waals surface area contributed by atoms with Crippen molar-refractivity contribution in [3.8, 4) is 11.1 Å². The monoisotopic (exact) mass is 404 g/mol. The summed E-state index contributed by atoms with van der Waals surface area (Å²) in [7, 11) is 0. The molecule has 1 saturated carbocycles. The van der Waals surface area contributed by atoms with Crippen molar-refractivity contribution in [1.82, 2.24) is 0 Å². The largest absolute Gasteiger partial charge is 0.419 e. The van der Waals surface area contributed by atoms with Gasteiger partial charge >= 0.3 is 6.18 Å². The highest BCUT2D eigenvalue weighted by atomic mass is 19.4. The number of rotatable bonds is 6. The molecule has 0 aromatic heterocycles. The van der Waals surface area contributed by atoms with E-state index in [-0.39, 0.29) is 0 Å². The molecular formula is C25H28F4. The zero-order valence-corrected chi connectivity index (χ0v) is 16.9. The van der Waals surface area contributed by atoms with Crippen LogP contribution in [0.2, 0.25) is 0 Å². The molecule has 0 radical (unpaired) electrons. The summed E-state index contributed by atoms with van der Waals surface area (Å²) in [6, 6.07) is 11.0. The van der Waals surface area contributed by atoms with Crippen LogP contribution in [0.4, 0.5) is 17.6 Å². The lowest BCUT2D eigenvalue weighted by molar-refractivity contribution is -0.139. The Balaban J connectivity index is 1.75. The van der Waals surface area contributed by atoms with Crippen molar-refractivity contribution < 1.29 is 17.6 Å². The van der Waals surface area contributed by atoms with E-state index in [1.54, 1.807) is 0 Å². The van der Waals surface area contributed by atoms with Gasteiger partial charge in [-0.15, -0.1) is 0 Å². The van der Waals surface area contributed by atoms with E-state index < -0.39 is 17.6 Å². The minimum absolute atomic E-state index is 0.363. The summed E-state index contributed by atoms with van der Waals surface area (Å²) in [6.45, 7) is 6.23. The Morgan fingerprint density at radius 3 is 2.34 bits per heavy atom. The Morgan fingerprint density at radius 1 is 1.03 bits per heavy atom. The van der Waals surface area contributed by atoms with Gasteiger partial charge in [-0.1, -0.05) is 49.4 Å². The van der Waals surface area contributed by atoms with Crippen molar-refractivity contribution in [2.45, 2.75) is 64.0 Å². The van der Waals surface area contributed by atoms with E-state index in [0.717, 1.165) is 61.8 Å². The van der Waals surface area contributed by atoms with E-state index >= 15 is 0 Å². The summed E-state index contributed by atoms with van der Waals surface area (Å²) in [6.07, 6.45) is 3.05. The van der Waals surface area contributed by atoms with Crippen LogP contribution in [0.5, 0.6) is 0 Å². The molecule has 29 heavy (non-hydrogen) atoms. The minimum atomic E-state index is -4.68. The first-order valence-electron chi connectivity index (χ1n) is 10.4. The van der Waals surface area contributed by atoms with Crippen molar-refractivity contribution in [3.63, 3.8) is 0 Å². The molecule has 4 heteroatoms. The maximum atomic E-state index is 14.1. The fourth-order valence-corrected chi connectivity index (χ4v) is 4.38. The van der Waals surface area contributed by atoms with Crippen LogP contribution >= 0.6 is 0 Å². The molecule has 2 aromatic rings. The lowest BCUT2D eigenvalue weighted by Crippen LogP contribution is -2.14. The molecule has 0 unspecified atom stereocenters. The molecule has 1 aliphatic rings. The Bertz CT molecular complexity index is 842. The third kappa shape index (κ3) is 5.29. The predicted octanol–water partition coefficient (Wildman–Crippen LogP) is 8.53. The van der Waals surface area contributed by atoms with Gasteiger partial charge in [-0.2, -0.15) is 13.2 Å². The maximum Gasteiger partial charge on any atom is 0.419 e. The molecule has 0 atom stereocenters. The lowest BCUT2D eigenvalue weighted by Gasteiger charge is -2.30. The Kier molecular flexibility index (Phi) is 6.81. The van der Waals surface area contributed by atoms with Gasteiger partial charge in [0.15, 0.2) is 0 Å². The van der Waals surface area contributed by atoms with Crippen LogP contribution in [0, 0.1) is 11.7 Å². The number of hydrogen-bond donors (Lipinski definition) is 0. The van der Waals surface area contributed by atoms with Gasteiger partial charge in [0.2, 0.25) is 0 Å². The normalized spacial score (nSPS) is 19.9. The number of alkyl halides is 3. The van der Waals surface area contributed by atoms with Crippen LogP contribution in [-0.4, -0.2) is 0 Å². The molecule has 0 heterocycles. The molecule has 0 amide bonds. The lowest BCUT2D eigenvalue weighted by atomic mass is 9.75. The number of allylic oxidation sites excluding steroid dienone is 1. The van der Waals surface area contributed by atoms with E-state index in [2.05, 4.69) is 13.5 Å². The highest BCUT2D eigenvalue weighted by Crippen LogP contribution is 2.42. The molecule has 1 aliphatic carbocycles. The van der Waals surface area contributed by atoms with Crippen molar-refractivity contribution in [2.24, 2.45) is 5.92 Å². The summed E-state index contributed by atoms with van der Waals surface area (Å²) in [4.78, 5) is 0. The summed E-state index contributed by atoms with van der Waals surface area (Å²) in [5.74, 6) is -0.142. The smallest absolute Gasteiger partial charge is 0.206 e. The minimum Gasteiger partial charge on any atom is -0.206 e. The second kappa shape index (κ2) is 9.15. The first kappa shape index (κ1) is 21.6. The second-order valence-corrected chi connectivity index (χ2v) is 8.14. The molecule has 2 aromatic carbocycles. The Hall–Kier alpha value is -2.10. The van der Waals surface area contributed by atoms with Crippen LogP contribution in [0.3, 0.4) is 0 Å². The molecule has 0 aliphatic heterocycles. The van der Waals surface area contributed by atoms with E-state index in [1.165, 1.54) is 18.1 Å². The number of benzene rings is 2.